The Labute approximate surface area is 233 Å². The molecular formula is C33H40N6. The smallest absolute Gasteiger partial charge is 0.0569 e. The molecule has 6 nitrogen and oxygen atoms in total. The highest BCUT2D eigenvalue weighted by molar-refractivity contribution is 5.60. The number of rotatable bonds is 14. The zero-order valence-electron chi connectivity index (χ0n) is 23.0. The predicted octanol–water partition coefficient (Wildman–Crippen LogP) is 5.84. The van der Waals surface area contributed by atoms with E-state index in [1.54, 1.807) is 0 Å². The van der Waals surface area contributed by atoms with Crippen LogP contribution >= 0.6 is 0 Å². The molecule has 0 aliphatic carbocycles. The van der Waals surface area contributed by atoms with E-state index < -0.39 is 0 Å². The van der Waals surface area contributed by atoms with Crippen LogP contribution in [0.4, 0.5) is 0 Å². The Morgan fingerprint density at radius 1 is 1.05 bits per heavy atom. The largest absolute Gasteiger partial charge is 0.383 e. The number of nitrogens with one attached hydrogen (secondary N) is 1. The highest BCUT2D eigenvalue weighted by atomic mass is 15.2. The molecule has 0 fully saturated rings. The van der Waals surface area contributed by atoms with E-state index in [9.17, 15) is 0 Å². The van der Waals surface area contributed by atoms with Crippen molar-refractivity contribution < 1.29 is 0 Å². The van der Waals surface area contributed by atoms with Gasteiger partial charge in [-0.2, -0.15) is 0 Å². The molecule has 2 aromatic rings. The second-order valence-corrected chi connectivity index (χ2v) is 9.90. The normalized spacial score (nSPS) is 17.2. The third-order valence-corrected chi connectivity index (χ3v) is 6.62. The van der Waals surface area contributed by atoms with Crippen molar-refractivity contribution in [3.63, 3.8) is 0 Å². The van der Waals surface area contributed by atoms with E-state index in [4.69, 9.17) is 0 Å². The van der Waals surface area contributed by atoms with Crippen LogP contribution in [-0.2, 0) is 19.6 Å². The molecule has 1 N–H and O–H groups in total. The summed E-state index contributed by atoms with van der Waals surface area (Å²) in [6, 6.07) is 15.3. The molecule has 39 heavy (non-hydrogen) atoms. The first kappa shape index (κ1) is 28.1. The number of dihydropyridines is 1. The molecule has 0 saturated heterocycles. The molecule has 2 aliphatic heterocycles. The molecule has 0 radical (unpaired) electrons. The molecule has 4 rings (SSSR count). The molecule has 0 amide bonds. The van der Waals surface area contributed by atoms with Gasteiger partial charge in [0, 0.05) is 51.7 Å². The summed E-state index contributed by atoms with van der Waals surface area (Å²) in [5, 5.41) is 3.47. The molecule has 2 aliphatic rings. The molecule has 0 bridgehead atoms. The molecule has 0 spiro atoms. The van der Waals surface area contributed by atoms with Crippen molar-refractivity contribution in [2.24, 2.45) is 9.98 Å². The maximum Gasteiger partial charge on any atom is 0.0569 e. The Hall–Kier alpha value is -3.87. The van der Waals surface area contributed by atoms with Crippen molar-refractivity contribution in [1.29, 1.82) is 0 Å². The third-order valence-electron chi connectivity index (χ3n) is 6.62. The maximum atomic E-state index is 4.66. The molecule has 3 heterocycles. The molecule has 6 heteroatoms. The van der Waals surface area contributed by atoms with Crippen LogP contribution in [0.25, 0.3) is 0 Å². The molecule has 1 unspecified atom stereocenters. The lowest BCUT2D eigenvalue weighted by molar-refractivity contribution is 0.269. The Morgan fingerprint density at radius 2 is 1.92 bits per heavy atom. The lowest BCUT2D eigenvalue weighted by Gasteiger charge is -2.28. The van der Waals surface area contributed by atoms with Gasteiger partial charge in [-0.3, -0.25) is 24.8 Å². The van der Waals surface area contributed by atoms with Gasteiger partial charge in [-0.15, -0.1) is 0 Å². The number of hydrogen-bond donors (Lipinski definition) is 1. The molecule has 1 aromatic carbocycles. The van der Waals surface area contributed by atoms with Crippen LogP contribution in [0.1, 0.15) is 36.6 Å². The lowest BCUT2D eigenvalue weighted by atomic mass is 10.1. The van der Waals surface area contributed by atoms with Gasteiger partial charge in [-0.1, -0.05) is 60.7 Å². The standard InChI is InChI=1S/C33H40N6/c1-3-4-14-30(34-2)24-38(25-31-15-5-8-18-35-31)22-28-12-11-13-29(21-28)23-39(26-32-16-6-9-19-36-32)27-33-17-7-10-20-37-33/h3-6,8-9,11-21,32,36H,2,7,10,22-27H2,1H3/b4-3-,30-14-. The molecule has 1 atom stereocenters. The second-order valence-electron chi connectivity index (χ2n) is 9.90. The summed E-state index contributed by atoms with van der Waals surface area (Å²) < 4.78 is 0. The van der Waals surface area contributed by atoms with Crippen LogP contribution < -0.4 is 5.32 Å². The monoisotopic (exact) mass is 520 g/mol. The number of benzene rings is 1. The third kappa shape index (κ3) is 9.74. The Bertz CT molecular complexity index is 1240. The van der Waals surface area contributed by atoms with Gasteiger partial charge in [0.1, 0.15) is 0 Å². The average Bonchev–Trinajstić information content (AvgIpc) is 2.97. The average molecular weight is 521 g/mol. The van der Waals surface area contributed by atoms with Crippen molar-refractivity contribution >= 4 is 12.9 Å². The van der Waals surface area contributed by atoms with E-state index in [-0.39, 0.29) is 6.04 Å². The highest BCUT2D eigenvalue weighted by Gasteiger charge is 2.16. The van der Waals surface area contributed by atoms with Crippen molar-refractivity contribution in [2.75, 3.05) is 19.6 Å². The van der Waals surface area contributed by atoms with Gasteiger partial charge in [0.05, 0.1) is 23.1 Å². The molecule has 1 aromatic heterocycles. The van der Waals surface area contributed by atoms with Gasteiger partial charge in [-0.25, -0.2) is 0 Å². The minimum absolute atomic E-state index is 0.286. The molecular weight excluding hydrogens is 480 g/mol. The van der Waals surface area contributed by atoms with E-state index in [0.29, 0.717) is 6.54 Å². The van der Waals surface area contributed by atoms with Gasteiger partial charge < -0.3 is 5.32 Å². The van der Waals surface area contributed by atoms with E-state index in [1.807, 2.05) is 62.0 Å². The van der Waals surface area contributed by atoms with Gasteiger partial charge in [-0.05, 0) is 68.1 Å². The van der Waals surface area contributed by atoms with Gasteiger partial charge in [0.15, 0.2) is 0 Å². The van der Waals surface area contributed by atoms with E-state index in [0.717, 1.165) is 62.7 Å². The maximum absolute atomic E-state index is 4.66. The van der Waals surface area contributed by atoms with Crippen LogP contribution in [0.2, 0.25) is 0 Å². The van der Waals surface area contributed by atoms with Crippen LogP contribution in [0.3, 0.4) is 0 Å². The van der Waals surface area contributed by atoms with Crippen LogP contribution in [0, 0.1) is 0 Å². The van der Waals surface area contributed by atoms with Crippen LogP contribution in [0.5, 0.6) is 0 Å². The number of aliphatic imine (C=N–C) groups is 2. The van der Waals surface area contributed by atoms with Crippen molar-refractivity contribution in [3.05, 3.63) is 126 Å². The lowest BCUT2D eigenvalue weighted by Crippen LogP contribution is -2.39. The number of pyridine rings is 1. The van der Waals surface area contributed by atoms with Crippen molar-refractivity contribution in [3.8, 4) is 0 Å². The van der Waals surface area contributed by atoms with Crippen LogP contribution in [0.15, 0.2) is 119 Å². The van der Waals surface area contributed by atoms with Crippen LogP contribution in [-0.4, -0.2) is 53.4 Å². The van der Waals surface area contributed by atoms with E-state index in [2.05, 4.69) is 85.4 Å². The Balaban J connectivity index is 1.49. The minimum Gasteiger partial charge on any atom is -0.383 e. The first-order chi connectivity index (χ1) is 19.2. The number of hydrogen-bond acceptors (Lipinski definition) is 6. The summed E-state index contributed by atoms with van der Waals surface area (Å²) in [5.41, 5.74) is 5.71. The predicted molar refractivity (Wildman–Crippen MR) is 164 cm³/mol. The highest BCUT2D eigenvalue weighted by Crippen LogP contribution is 2.17. The first-order valence-corrected chi connectivity index (χ1v) is 13.7. The SMILES string of the molecule is C=N/C(=C\C=C/C)CN(Cc1cccc(CN(CC2=CCCC=N2)CC2C=CC=CN2)c1)Cc1ccccn1. The van der Waals surface area contributed by atoms with Gasteiger partial charge in [0.2, 0.25) is 0 Å². The van der Waals surface area contributed by atoms with Crippen molar-refractivity contribution in [2.45, 2.75) is 45.4 Å². The fourth-order valence-corrected chi connectivity index (χ4v) is 4.78. The number of allylic oxidation sites excluding steroid dienone is 6. The van der Waals surface area contributed by atoms with Gasteiger partial charge >= 0.3 is 0 Å². The number of nitrogens with zero attached hydrogens (tertiary/aromatic N) is 5. The summed E-state index contributed by atoms with van der Waals surface area (Å²) in [7, 11) is 0. The first-order valence-electron chi connectivity index (χ1n) is 13.7. The summed E-state index contributed by atoms with van der Waals surface area (Å²) >= 11 is 0. The minimum atomic E-state index is 0.286. The topological polar surface area (TPSA) is 56.1 Å². The fourth-order valence-electron chi connectivity index (χ4n) is 4.78. The Kier molecular flexibility index (Phi) is 11.2. The molecule has 0 saturated carbocycles. The summed E-state index contributed by atoms with van der Waals surface area (Å²) in [6.07, 6.45) is 22.7. The summed E-state index contributed by atoms with van der Waals surface area (Å²) in [6.45, 7) is 10.6. The Morgan fingerprint density at radius 3 is 2.62 bits per heavy atom. The molecule has 202 valence electrons. The fraction of sp³-hybridized carbons (Fsp3) is 0.303. The summed E-state index contributed by atoms with van der Waals surface area (Å²) in [5.74, 6) is 0. The zero-order valence-corrected chi connectivity index (χ0v) is 23.0. The van der Waals surface area contributed by atoms with Gasteiger partial charge in [0.25, 0.3) is 0 Å². The second kappa shape index (κ2) is 15.5. The number of aromatic nitrogens is 1. The van der Waals surface area contributed by atoms with E-state index in [1.165, 1.54) is 11.1 Å². The zero-order chi connectivity index (χ0) is 27.1. The summed E-state index contributed by atoms with van der Waals surface area (Å²) in [4.78, 5) is 18.4. The van der Waals surface area contributed by atoms with E-state index >= 15 is 0 Å². The van der Waals surface area contributed by atoms with Crippen molar-refractivity contribution in [1.82, 2.24) is 20.1 Å². The quantitative estimate of drug-likeness (QED) is 0.251.